The lowest BCUT2D eigenvalue weighted by atomic mass is 10.2. The smallest absolute Gasteiger partial charge is 0.356 e. The van der Waals surface area contributed by atoms with Gasteiger partial charge >= 0.3 is 5.97 Å². The van der Waals surface area contributed by atoms with E-state index in [1.54, 1.807) is 12.4 Å². The van der Waals surface area contributed by atoms with Gasteiger partial charge in [0.25, 0.3) is 0 Å². The second kappa shape index (κ2) is 6.25. The van der Waals surface area contributed by atoms with Crippen molar-refractivity contribution in [2.24, 2.45) is 0 Å². The van der Waals surface area contributed by atoms with E-state index in [9.17, 15) is 9.59 Å². The van der Waals surface area contributed by atoms with Gasteiger partial charge in [0, 0.05) is 25.9 Å². The van der Waals surface area contributed by atoms with Crippen LogP contribution in [-0.4, -0.2) is 33.4 Å². The zero-order valence-electron chi connectivity index (χ0n) is 10.8. The molecule has 0 fully saturated rings. The number of aromatic nitrogens is 2. The highest BCUT2D eigenvalue weighted by Gasteiger charge is 2.20. The van der Waals surface area contributed by atoms with Gasteiger partial charge in [-0.2, -0.15) is 0 Å². The summed E-state index contributed by atoms with van der Waals surface area (Å²) in [5.41, 5.74) is 0.883. The number of aromatic carboxylic acids is 1. The Kier molecular flexibility index (Phi) is 4.41. The third kappa shape index (κ3) is 3.39. The lowest BCUT2D eigenvalue weighted by molar-refractivity contribution is 0.0687. The number of carbonyl (C=O) groups is 2. The first-order valence-corrected chi connectivity index (χ1v) is 6.77. The van der Waals surface area contributed by atoms with Gasteiger partial charge in [-0.3, -0.25) is 9.78 Å². The van der Waals surface area contributed by atoms with Gasteiger partial charge in [0.1, 0.15) is 4.88 Å². The van der Waals surface area contributed by atoms with E-state index in [2.05, 4.69) is 15.3 Å². The second-order valence-electron chi connectivity index (χ2n) is 4.10. The van der Waals surface area contributed by atoms with Crippen molar-refractivity contribution in [1.82, 2.24) is 9.97 Å². The Morgan fingerprint density at radius 1 is 1.45 bits per heavy atom. The summed E-state index contributed by atoms with van der Waals surface area (Å²) in [5, 5.41) is 12.5. The second-order valence-corrected chi connectivity index (χ2v) is 5.10. The van der Waals surface area contributed by atoms with Crippen molar-refractivity contribution in [3.8, 4) is 0 Å². The maximum Gasteiger partial charge on any atom is 0.356 e. The van der Waals surface area contributed by atoms with Crippen LogP contribution in [0.5, 0.6) is 0 Å². The van der Waals surface area contributed by atoms with Crippen molar-refractivity contribution in [2.45, 2.75) is 13.3 Å². The number of ketones is 1. The Labute approximate surface area is 119 Å². The fraction of sp³-hybridized carbons (Fsp3) is 0.231. The number of carbonyl (C=O) groups excluding carboxylic acids is 1. The molecule has 0 aliphatic rings. The lowest BCUT2D eigenvalue weighted by Crippen LogP contribution is -2.06. The van der Waals surface area contributed by atoms with Crippen LogP contribution >= 0.6 is 11.3 Å². The van der Waals surface area contributed by atoms with Gasteiger partial charge in [-0.15, -0.1) is 0 Å². The van der Waals surface area contributed by atoms with E-state index in [1.165, 1.54) is 6.92 Å². The first-order valence-electron chi connectivity index (χ1n) is 5.95. The minimum atomic E-state index is -1.19. The third-order valence-corrected chi connectivity index (χ3v) is 3.68. The number of carboxylic acids is 1. The summed E-state index contributed by atoms with van der Waals surface area (Å²) in [7, 11) is 0. The van der Waals surface area contributed by atoms with Gasteiger partial charge in [-0.1, -0.05) is 17.4 Å². The van der Waals surface area contributed by atoms with Crippen molar-refractivity contribution in [3.05, 3.63) is 40.7 Å². The molecule has 2 heterocycles. The monoisotopic (exact) mass is 291 g/mol. The van der Waals surface area contributed by atoms with Crippen LogP contribution in [0.4, 0.5) is 5.13 Å². The molecule has 0 bridgehead atoms. The van der Waals surface area contributed by atoms with Gasteiger partial charge in [0.15, 0.2) is 16.6 Å². The summed E-state index contributed by atoms with van der Waals surface area (Å²) >= 11 is 1.06. The summed E-state index contributed by atoms with van der Waals surface area (Å²) in [6, 6.07) is 3.81. The van der Waals surface area contributed by atoms with Gasteiger partial charge in [0.2, 0.25) is 0 Å². The number of Topliss-reactive ketones (excluding diaryl/α,β-unsaturated/α-hetero) is 1. The Morgan fingerprint density at radius 3 is 2.80 bits per heavy atom. The molecule has 0 saturated carbocycles. The molecule has 2 aromatic rings. The minimum absolute atomic E-state index is 0.168. The van der Waals surface area contributed by atoms with Crippen LogP contribution in [0.1, 0.15) is 32.6 Å². The van der Waals surface area contributed by atoms with Crippen molar-refractivity contribution >= 4 is 28.2 Å². The summed E-state index contributed by atoms with van der Waals surface area (Å²) in [5.74, 6) is -1.48. The predicted octanol–water partition coefficient (Wildman–Crippen LogP) is 2.09. The van der Waals surface area contributed by atoms with E-state index in [4.69, 9.17) is 5.11 Å². The summed E-state index contributed by atoms with van der Waals surface area (Å²) in [4.78, 5) is 30.5. The largest absolute Gasteiger partial charge is 0.476 e. The number of hydrogen-bond donors (Lipinski definition) is 2. The van der Waals surface area contributed by atoms with E-state index in [1.807, 2.05) is 12.1 Å². The molecule has 2 N–H and O–H groups in total. The number of nitrogens with one attached hydrogen (secondary N) is 1. The minimum Gasteiger partial charge on any atom is -0.476 e. The van der Waals surface area contributed by atoms with Crippen LogP contribution in [0.3, 0.4) is 0 Å². The van der Waals surface area contributed by atoms with E-state index >= 15 is 0 Å². The highest BCUT2D eigenvalue weighted by Crippen LogP contribution is 2.23. The molecule has 0 radical (unpaired) electrons. The van der Waals surface area contributed by atoms with Crippen LogP contribution in [-0.2, 0) is 6.42 Å². The van der Waals surface area contributed by atoms with Crippen molar-refractivity contribution in [3.63, 3.8) is 0 Å². The van der Waals surface area contributed by atoms with E-state index in [0.29, 0.717) is 11.7 Å². The molecule has 20 heavy (non-hydrogen) atoms. The molecule has 0 spiro atoms. The molecular weight excluding hydrogens is 278 g/mol. The molecule has 0 saturated heterocycles. The number of hydrogen-bond acceptors (Lipinski definition) is 6. The van der Waals surface area contributed by atoms with Gasteiger partial charge in [-0.05, 0) is 18.1 Å². The topological polar surface area (TPSA) is 92.2 Å². The molecule has 104 valence electrons. The number of carboxylic acid groups (broad SMARTS) is 1. The van der Waals surface area contributed by atoms with Gasteiger partial charge < -0.3 is 10.4 Å². The van der Waals surface area contributed by atoms with Crippen molar-refractivity contribution in [1.29, 1.82) is 0 Å². The molecule has 7 heteroatoms. The van der Waals surface area contributed by atoms with Crippen molar-refractivity contribution < 1.29 is 14.7 Å². The average molecular weight is 291 g/mol. The van der Waals surface area contributed by atoms with Crippen LogP contribution in [0, 0.1) is 0 Å². The normalized spacial score (nSPS) is 10.2. The molecule has 0 atom stereocenters. The number of anilines is 1. The Balaban J connectivity index is 2.01. The van der Waals surface area contributed by atoms with Crippen LogP contribution in [0.15, 0.2) is 24.5 Å². The van der Waals surface area contributed by atoms with Crippen LogP contribution in [0.25, 0.3) is 0 Å². The number of nitrogens with zero attached hydrogens (tertiary/aromatic N) is 2. The quantitative estimate of drug-likeness (QED) is 0.792. The van der Waals surface area contributed by atoms with Crippen molar-refractivity contribution in [2.75, 3.05) is 11.9 Å². The van der Waals surface area contributed by atoms with E-state index in [-0.39, 0.29) is 16.4 Å². The fourth-order valence-corrected chi connectivity index (χ4v) is 2.52. The SMILES string of the molecule is CC(=O)c1sc(NCCc2cccnc2)nc1C(=O)O. The number of rotatable bonds is 6. The fourth-order valence-electron chi connectivity index (χ4n) is 1.64. The molecule has 0 aromatic carbocycles. The summed E-state index contributed by atoms with van der Waals surface area (Å²) < 4.78 is 0. The molecule has 0 aliphatic carbocycles. The van der Waals surface area contributed by atoms with E-state index < -0.39 is 5.97 Å². The number of pyridine rings is 1. The molecule has 0 amide bonds. The first kappa shape index (κ1) is 14.1. The average Bonchev–Trinajstić information content (AvgIpc) is 2.85. The first-order chi connectivity index (χ1) is 9.58. The van der Waals surface area contributed by atoms with Crippen LogP contribution in [0.2, 0.25) is 0 Å². The van der Waals surface area contributed by atoms with Crippen LogP contribution < -0.4 is 5.32 Å². The standard InChI is InChI=1S/C13H13N3O3S/c1-8(17)11-10(12(18)19)16-13(20-11)15-6-4-9-3-2-5-14-7-9/h2-3,5,7H,4,6H2,1H3,(H,15,16)(H,18,19). The third-order valence-electron chi connectivity index (χ3n) is 2.56. The lowest BCUT2D eigenvalue weighted by Gasteiger charge is -2.01. The maximum atomic E-state index is 11.4. The Hall–Kier alpha value is -2.28. The highest BCUT2D eigenvalue weighted by atomic mass is 32.1. The van der Waals surface area contributed by atoms with Gasteiger partial charge in [-0.25, -0.2) is 9.78 Å². The molecule has 0 unspecified atom stereocenters. The molecule has 2 aromatic heterocycles. The highest BCUT2D eigenvalue weighted by molar-refractivity contribution is 7.17. The molecule has 6 nitrogen and oxygen atoms in total. The zero-order chi connectivity index (χ0) is 14.5. The zero-order valence-corrected chi connectivity index (χ0v) is 11.6. The summed E-state index contributed by atoms with van der Waals surface area (Å²) in [6.07, 6.45) is 4.22. The van der Waals surface area contributed by atoms with E-state index in [0.717, 1.165) is 23.3 Å². The Morgan fingerprint density at radius 2 is 2.25 bits per heavy atom. The molecular formula is C13H13N3O3S. The van der Waals surface area contributed by atoms with Gasteiger partial charge in [0.05, 0.1) is 0 Å². The maximum absolute atomic E-state index is 11.4. The number of thiazole rings is 1. The Bertz CT molecular complexity index is 594. The predicted molar refractivity (Wildman–Crippen MR) is 75.5 cm³/mol. The molecule has 0 aliphatic heterocycles. The molecule has 2 rings (SSSR count). The summed E-state index contributed by atoms with van der Waals surface area (Å²) in [6.45, 7) is 1.93.